The molecule has 6 heteroatoms. The molecule has 0 saturated carbocycles. The summed E-state index contributed by atoms with van der Waals surface area (Å²) in [5, 5.41) is 4.60. The average molecular weight is 309 g/mol. The topological polar surface area (TPSA) is 65.0 Å². The van der Waals surface area contributed by atoms with E-state index in [-0.39, 0.29) is 5.97 Å². The first-order valence-corrected chi connectivity index (χ1v) is 7.61. The van der Waals surface area contributed by atoms with Gasteiger partial charge in [0.05, 0.1) is 6.61 Å². The Balaban J connectivity index is 2.47. The summed E-state index contributed by atoms with van der Waals surface area (Å²) in [7, 11) is 0. The van der Waals surface area contributed by atoms with Crippen LogP contribution in [0.1, 0.15) is 25.8 Å². The molecule has 0 N–H and O–H groups in total. The molecular weight excluding hydrogens is 290 g/mol. The second-order valence-electron chi connectivity index (χ2n) is 4.27. The minimum Gasteiger partial charge on any atom is -0.466 e. The van der Waals surface area contributed by atoms with E-state index in [9.17, 15) is 9.59 Å². The van der Waals surface area contributed by atoms with Gasteiger partial charge in [0.25, 0.3) is 0 Å². The number of ether oxygens (including phenoxy) is 1. The van der Waals surface area contributed by atoms with E-state index < -0.39 is 5.97 Å². The number of hydrogen-bond acceptors (Lipinski definition) is 6. The molecule has 0 unspecified atom stereocenters. The normalized spacial score (nSPS) is 11.0. The van der Waals surface area contributed by atoms with E-state index in [2.05, 4.69) is 5.16 Å². The number of esters is 1. The highest BCUT2D eigenvalue weighted by atomic mass is 32.2. The predicted molar refractivity (Wildman–Crippen MR) is 83.1 cm³/mol. The molecule has 0 aliphatic carbocycles. The van der Waals surface area contributed by atoms with E-state index in [0.29, 0.717) is 13.0 Å². The van der Waals surface area contributed by atoms with Crippen LogP contribution in [0.15, 0.2) is 35.5 Å². The van der Waals surface area contributed by atoms with Crippen molar-refractivity contribution in [2.75, 3.05) is 12.4 Å². The van der Waals surface area contributed by atoms with Crippen LogP contribution in [0.2, 0.25) is 0 Å². The molecule has 0 spiro atoms. The van der Waals surface area contributed by atoms with Crippen LogP contribution in [-0.4, -0.2) is 29.3 Å². The molecule has 0 aromatic heterocycles. The largest absolute Gasteiger partial charge is 0.466 e. The van der Waals surface area contributed by atoms with Crippen molar-refractivity contribution in [3.05, 3.63) is 35.9 Å². The molecule has 21 heavy (non-hydrogen) atoms. The Morgan fingerprint density at radius 2 is 1.86 bits per heavy atom. The first-order valence-electron chi connectivity index (χ1n) is 6.62. The molecule has 0 amide bonds. The highest BCUT2D eigenvalue weighted by Crippen LogP contribution is 2.13. The van der Waals surface area contributed by atoms with Crippen LogP contribution in [-0.2, 0) is 25.6 Å². The van der Waals surface area contributed by atoms with Gasteiger partial charge in [-0.1, -0.05) is 35.5 Å². The summed E-state index contributed by atoms with van der Waals surface area (Å²) in [5.41, 5.74) is 1.09. The zero-order valence-corrected chi connectivity index (χ0v) is 13.0. The fourth-order valence-corrected chi connectivity index (χ4v) is 2.32. The summed E-state index contributed by atoms with van der Waals surface area (Å²) in [6.45, 7) is 3.08. The van der Waals surface area contributed by atoms with Gasteiger partial charge in [-0.3, -0.25) is 4.79 Å². The monoisotopic (exact) mass is 309 g/mol. The van der Waals surface area contributed by atoms with Crippen molar-refractivity contribution in [1.29, 1.82) is 0 Å². The summed E-state index contributed by atoms with van der Waals surface area (Å²) in [4.78, 5) is 26.2. The number of carbonyl (C=O) groups excluding carboxylic acids is 2. The molecule has 5 nitrogen and oxygen atoms in total. The molecule has 1 aromatic carbocycles. The SMILES string of the molecule is CC(=O)OCCCS/C(Cc1ccccc1)=N\OC(C)=O. The summed E-state index contributed by atoms with van der Waals surface area (Å²) in [6.07, 6.45) is 1.32. The Bertz CT molecular complexity index is 488. The molecule has 0 bridgehead atoms. The third kappa shape index (κ3) is 8.86. The number of hydrogen-bond donors (Lipinski definition) is 0. The van der Waals surface area contributed by atoms with Crippen molar-refractivity contribution >= 4 is 28.7 Å². The first-order chi connectivity index (χ1) is 10.1. The summed E-state index contributed by atoms with van der Waals surface area (Å²) >= 11 is 1.49. The van der Waals surface area contributed by atoms with Gasteiger partial charge < -0.3 is 9.57 Å². The van der Waals surface area contributed by atoms with Crippen molar-refractivity contribution in [2.45, 2.75) is 26.7 Å². The van der Waals surface area contributed by atoms with Gasteiger partial charge in [-0.25, -0.2) is 4.79 Å². The third-order valence-electron chi connectivity index (χ3n) is 2.34. The molecule has 0 heterocycles. The van der Waals surface area contributed by atoms with Gasteiger partial charge in [0.1, 0.15) is 5.04 Å². The molecule has 114 valence electrons. The fourth-order valence-electron chi connectivity index (χ4n) is 1.46. The first kappa shape index (κ1) is 17.2. The lowest BCUT2D eigenvalue weighted by atomic mass is 10.2. The summed E-state index contributed by atoms with van der Waals surface area (Å²) in [6, 6.07) is 9.82. The molecular formula is C15H19NO4S. The second kappa shape index (κ2) is 9.99. The molecule has 1 rings (SSSR count). The van der Waals surface area contributed by atoms with Crippen molar-refractivity contribution in [3.8, 4) is 0 Å². The number of carbonyl (C=O) groups is 2. The smallest absolute Gasteiger partial charge is 0.332 e. The minimum absolute atomic E-state index is 0.280. The minimum atomic E-state index is -0.443. The molecule has 0 aliphatic rings. The fraction of sp³-hybridized carbons (Fsp3) is 0.400. The van der Waals surface area contributed by atoms with Crippen LogP contribution >= 0.6 is 11.8 Å². The average Bonchev–Trinajstić information content (AvgIpc) is 2.44. The summed E-state index contributed by atoms with van der Waals surface area (Å²) in [5.74, 6) is 0.0133. The maximum absolute atomic E-state index is 10.9. The number of benzene rings is 1. The standard InChI is InChI=1S/C15H19NO4S/c1-12(17)19-9-6-10-21-15(16-20-13(2)18)11-14-7-4-3-5-8-14/h3-5,7-8H,6,9-11H2,1-2H3/b16-15-. The van der Waals surface area contributed by atoms with E-state index in [0.717, 1.165) is 22.8 Å². The molecule has 0 radical (unpaired) electrons. The molecule has 0 fully saturated rings. The third-order valence-corrected chi connectivity index (χ3v) is 3.38. The van der Waals surface area contributed by atoms with E-state index in [4.69, 9.17) is 9.57 Å². The van der Waals surface area contributed by atoms with Crippen LogP contribution in [0.3, 0.4) is 0 Å². The van der Waals surface area contributed by atoms with Crippen molar-refractivity contribution in [2.24, 2.45) is 5.16 Å². The Labute approximate surface area is 128 Å². The van der Waals surface area contributed by atoms with Gasteiger partial charge in [-0.2, -0.15) is 0 Å². The summed E-state index contributed by atoms with van der Waals surface area (Å²) < 4.78 is 4.86. The quantitative estimate of drug-likeness (QED) is 0.193. The Kier molecular flexibility index (Phi) is 8.19. The van der Waals surface area contributed by atoms with Crippen LogP contribution < -0.4 is 0 Å². The number of thioether (sulfide) groups is 1. The number of oxime groups is 1. The highest BCUT2D eigenvalue weighted by molar-refractivity contribution is 8.13. The van der Waals surface area contributed by atoms with Crippen LogP contribution in [0.25, 0.3) is 0 Å². The van der Waals surface area contributed by atoms with Gasteiger partial charge in [0.15, 0.2) is 0 Å². The highest BCUT2D eigenvalue weighted by Gasteiger charge is 2.05. The lowest BCUT2D eigenvalue weighted by Gasteiger charge is -2.06. The maximum atomic E-state index is 10.9. The van der Waals surface area contributed by atoms with Crippen LogP contribution in [0.5, 0.6) is 0 Å². The van der Waals surface area contributed by atoms with Gasteiger partial charge in [0, 0.05) is 26.0 Å². The van der Waals surface area contributed by atoms with Gasteiger partial charge in [-0.15, -0.1) is 11.8 Å². The van der Waals surface area contributed by atoms with Crippen molar-refractivity contribution < 1.29 is 19.2 Å². The predicted octanol–water partition coefficient (Wildman–Crippen LogP) is 2.79. The Morgan fingerprint density at radius 3 is 2.48 bits per heavy atom. The molecule has 1 aromatic rings. The van der Waals surface area contributed by atoms with E-state index in [1.807, 2.05) is 30.3 Å². The number of rotatable bonds is 7. The van der Waals surface area contributed by atoms with Gasteiger partial charge in [0.2, 0.25) is 0 Å². The zero-order chi connectivity index (χ0) is 15.5. The molecule has 0 atom stereocenters. The number of nitrogens with zero attached hydrogens (tertiary/aromatic N) is 1. The zero-order valence-electron chi connectivity index (χ0n) is 12.2. The second-order valence-corrected chi connectivity index (χ2v) is 5.44. The Hall–Kier alpha value is -1.82. The lowest BCUT2D eigenvalue weighted by Crippen LogP contribution is -2.05. The van der Waals surface area contributed by atoms with E-state index >= 15 is 0 Å². The van der Waals surface area contributed by atoms with Crippen molar-refractivity contribution in [1.82, 2.24) is 0 Å². The maximum Gasteiger partial charge on any atom is 0.332 e. The van der Waals surface area contributed by atoms with Crippen LogP contribution in [0, 0.1) is 0 Å². The lowest BCUT2D eigenvalue weighted by molar-refractivity contribution is -0.141. The van der Waals surface area contributed by atoms with E-state index in [1.165, 1.54) is 25.6 Å². The van der Waals surface area contributed by atoms with Gasteiger partial charge in [-0.05, 0) is 12.0 Å². The van der Waals surface area contributed by atoms with Crippen molar-refractivity contribution in [3.63, 3.8) is 0 Å². The molecule has 0 saturated heterocycles. The molecule has 0 aliphatic heterocycles. The van der Waals surface area contributed by atoms with E-state index in [1.54, 1.807) is 0 Å². The van der Waals surface area contributed by atoms with Crippen LogP contribution in [0.4, 0.5) is 0 Å². The Morgan fingerprint density at radius 1 is 1.14 bits per heavy atom. The van der Waals surface area contributed by atoms with Gasteiger partial charge >= 0.3 is 11.9 Å².